The van der Waals surface area contributed by atoms with Crippen LogP contribution in [0.4, 0.5) is 13.2 Å². The number of alkyl halides is 3. The molecule has 0 amide bonds. The third kappa shape index (κ3) is 3.37. The van der Waals surface area contributed by atoms with Gasteiger partial charge >= 0.3 is 12.1 Å². The molecular formula is C8H5F3N2O2. The zero-order chi connectivity index (χ0) is 11.5. The summed E-state index contributed by atoms with van der Waals surface area (Å²) in [6.07, 6.45) is -2.10. The standard InChI is InChI=1S/C8H5F3N2O2/c9-8(10,11)5-3-4-12-6(13-5)1-2-7(14)15/h1-4H,(H,14,15)/b2-1+. The van der Waals surface area contributed by atoms with Crippen molar-refractivity contribution in [1.82, 2.24) is 9.97 Å². The summed E-state index contributed by atoms with van der Waals surface area (Å²) >= 11 is 0. The highest BCUT2D eigenvalue weighted by Gasteiger charge is 2.32. The summed E-state index contributed by atoms with van der Waals surface area (Å²) in [5, 5.41) is 8.24. The summed E-state index contributed by atoms with van der Waals surface area (Å²) in [6.45, 7) is 0. The molecule has 1 aromatic rings. The first-order chi connectivity index (χ1) is 6.89. The maximum absolute atomic E-state index is 12.1. The van der Waals surface area contributed by atoms with Gasteiger partial charge in [-0.15, -0.1) is 0 Å². The van der Waals surface area contributed by atoms with Crippen molar-refractivity contribution < 1.29 is 23.1 Å². The van der Waals surface area contributed by atoms with Crippen molar-refractivity contribution in [2.45, 2.75) is 6.18 Å². The minimum atomic E-state index is -4.56. The van der Waals surface area contributed by atoms with Gasteiger partial charge in [0, 0.05) is 12.3 Å². The lowest BCUT2D eigenvalue weighted by atomic mass is 10.4. The molecule has 0 unspecified atom stereocenters. The molecule has 0 fully saturated rings. The van der Waals surface area contributed by atoms with Gasteiger partial charge in [-0.1, -0.05) is 0 Å². The van der Waals surface area contributed by atoms with Gasteiger partial charge in [-0.25, -0.2) is 14.8 Å². The van der Waals surface area contributed by atoms with Gasteiger partial charge in [0.2, 0.25) is 0 Å². The highest BCUT2D eigenvalue weighted by atomic mass is 19.4. The second-order valence-electron chi connectivity index (χ2n) is 2.47. The molecule has 0 saturated carbocycles. The predicted octanol–water partition coefficient (Wildman–Crippen LogP) is 1.59. The fourth-order valence-corrected chi connectivity index (χ4v) is 0.758. The van der Waals surface area contributed by atoms with E-state index < -0.39 is 17.8 Å². The Hall–Kier alpha value is -1.92. The number of aromatic nitrogens is 2. The van der Waals surface area contributed by atoms with Gasteiger partial charge in [0.25, 0.3) is 0 Å². The van der Waals surface area contributed by atoms with Gasteiger partial charge in [-0.3, -0.25) is 0 Å². The molecule has 0 radical (unpaired) electrons. The molecule has 0 bridgehead atoms. The molecular weight excluding hydrogens is 213 g/mol. The molecule has 7 heteroatoms. The quantitative estimate of drug-likeness (QED) is 0.765. The van der Waals surface area contributed by atoms with Crippen LogP contribution >= 0.6 is 0 Å². The summed E-state index contributed by atoms with van der Waals surface area (Å²) in [5.41, 5.74) is -1.11. The van der Waals surface area contributed by atoms with Crippen LogP contribution in [0.1, 0.15) is 11.5 Å². The number of aliphatic carboxylic acids is 1. The molecule has 0 aliphatic heterocycles. The van der Waals surface area contributed by atoms with Gasteiger partial charge < -0.3 is 5.11 Å². The Morgan fingerprint density at radius 2 is 2.13 bits per heavy atom. The smallest absolute Gasteiger partial charge is 0.433 e. The van der Waals surface area contributed by atoms with E-state index in [-0.39, 0.29) is 5.82 Å². The molecule has 1 rings (SSSR count). The van der Waals surface area contributed by atoms with E-state index in [9.17, 15) is 18.0 Å². The monoisotopic (exact) mass is 218 g/mol. The average Bonchev–Trinajstić information content (AvgIpc) is 2.14. The summed E-state index contributed by atoms with van der Waals surface area (Å²) in [6, 6.07) is 0.706. The second-order valence-corrected chi connectivity index (χ2v) is 2.47. The number of rotatable bonds is 2. The Labute approximate surface area is 82.1 Å². The first kappa shape index (κ1) is 11.2. The largest absolute Gasteiger partial charge is 0.478 e. The minimum Gasteiger partial charge on any atom is -0.478 e. The Bertz CT molecular complexity index is 401. The molecule has 0 aliphatic carbocycles. The molecule has 1 heterocycles. The second kappa shape index (κ2) is 4.07. The lowest BCUT2D eigenvalue weighted by molar-refractivity contribution is -0.141. The number of hydrogen-bond donors (Lipinski definition) is 1. The fourth-order valence-electron chi connectivity index (χ4n) is 0.758. The van der Waals surface area contributed by atoms with Crippen molar-refractivity contribution in [2.24, 2.45) is 0 Å². The van der Waals surface area contributed by atoms with Crippen molar-refractivity contribution in [2.75, 3.05) is 0 Å². The van der Waals surface area contributed by atoms with E-state index in [2.05, 4.69) is 9.97 Å². The van der Waals surface area contributed by atoms with E-state index in [4.69, 9.17) is 5.11 Å². The highest BCUT2D eigenvalue weighted by Crippen LogP contribution is 2.26. The molecule has 1 aromatic heterocycles. The Kier molecular flexibility index (Phi) is 3.03. The van der Waals surface area contributed by atoms with Crippen LogP contribution in [0.15, 0.2) is 18.3 Å². The molecule has 0 atom stereocenters. The highest BCUT2D eigenvalue weighted by molar-refractivity contribution is 5.84. The number of carboxylic acid groups (broad SMARTS) is 1. The summed E-state index contributed by atoms with van der Waals surface area (Å²) in [5.74, 6) is -1.58. The van der Waals surface area contributed by atoms with Crippen LogP contribution in [0.25, 0.3) is 6.08 Å². The van der Waals surface area contributed by atoms with Crippen LogP contribution in [0, 0.1) is 0 Å². The number of halogens is 3. The van der Waals surface area contributed by atoms with E-state index >= 15 is 0 Å². The summed E-state index contributed by atoms with van der Waals surface area (Å²) in [4.78, 5) is 16.7. The van der Waals surface area contributed by atoms with Crippen LogP contribution in [-0.4, -0.2) is 21.0 Å². The van der Waals surface area contributed by atoms with Crippen molar-refractivity contribution in [3.8, 4) is 0 Å². The van der Waals surface area contributed by atoms with E-state index in [1.165, 1.54) is 0 Å². The first-order valence-corrected chi connectivity index (χ1v) is 3.71. The zero-order valence-corrected chi connectivity index (χ0v) is 7.19. The zero-order valence-electron chi connectivity index (χ0n) is 7.19. The number of hydrogen-bond acceptors (Lipinski definition) is 3. The van der Waals surface area contributed by atoms with E-state index in [0.717, 1.165) is 12.3 Å². The van der Waals surface area contributed by atoms with Crippen molar-refractivity contribution >= 4 is 12.0 Å². The minimum absolute atomic E-state index is 0.299. The van der Waals surface area contributed by atoms with Crippen molar-refractivity contribution in [3.05, 3.63) is 29.9 Å². The van der Waals surface area contributed by atoms with E-state index in [1.807, 2.05) is 0 Å². The van der Waals surface area contributed by atoms with Gasteiger partial charge in [0.15, 0.2) is 5.82 Å². The maximum atomic E-state index is 12.1. The van der Waals surface area contributed by atoms with Gasteiger partial charge in [0.05, 0.1) is 0 Å². The molecule has 0 saturated heterocycles. The third-order valence-electron chi connectivity index (χ3n) is 1.34. The van der Waals surface area contributed by atoms with Gasteiger partial charge in [0.1, 0.15) is 5.69 Å². The van der Waals surface area contributed by atoms with Crippen LogP contribution < -0.4 is 0 Å². The maximum Gasteiger partial charge on any atom is 0.433 e. The van der Waals surface area contributed by atoms with E-state index in [0.29, 0.717) is 12.1 Å². The summed E-state index contributed by atoms with van der Waals surface area (Å²) in [7, 11) is 0. The SMILES string of the molecule is O=C(O)/C=C/c1nccc(C(F)(F)F)n1. The Morgan fingerprint density at radius 1 is 1.47 bits per heavy atom. The lowest BCUT2D eigenvalue weighted by Crippen LogP contribution is -2.09. The first-order valence-electron chi connectivity index (χ1n) is 3.71. The topological polar surface area (TPSA) is 63.1 Å². The van der Waals surface area contributed by atoms with Gasteiger partial charge in [-0.2, -0.15) is 13.2 Å². The number of nitrogens with zero attached hydrogens (tertiary/aromatic N) is 2. The lowest BCUT2D eigenvalue weighted by Gasteiger charge is -2.04. The molecule has 80 valence electrons. The van der Waals surface area contributed by atoms with Gasteiger partial charge in [-0.05, 0) is 12.1 Å². The molecule has 0 aliphatic rings. The Balaban J connectivity index is 2.98. The van der Waals surface area contributed by atoms with Crippen molar-refractivity contribution in [3.63, 3.8) is 0 Å². The molecule has 1 N–H and O–H groups in total. The normalized spacial score (nSPS) is 11.9. The average molecular weight is 218 g/mol. The van der Waals surface area contributed by atoms with Crippen LogP contribution in [0.3, 0.4) is 0 Å². The molecule has 15 heavy (non-hydrogen) atoms. The number of carboxylic acids is 1. The molecule has 4 nitrogen and oxygen atoms in total. The van der Waals surface area contributed by atoms with Crippen LogP contribution in [-0.2, 0) is 11.0 Å². The van der Waals surface area contributed by atoms with Crippen LogP contribution in [0.2, 0.25) is 0 Å². The predicted molar refractivity (Wildman–Crippen MR) is 43.7 cm³/mol. The fraction of sp³-hybridized carbons (Fsp3) is 0.125. The van der Waals surface area contributed by atoms with Crippen molar-refractivity contribution in [1.29, 1.82) is 0 Å². The third-order valence-corrected chi connectivity index (χ3v) is 1.34. The molecule has 0 aromatic carbocycles. The van der Waals surface area contributed by atoms with E-state index in [1.54, 1.807) is 0 Å². The summed E-state index contributed by atoms with van der Waals surface area (Å²) < 4.78 is 36.4. The number of carbonyl (C=O) groups is 1. The van der Waals surface area contributed by atoms with Crippen LogP contribution in [0.5, 0.6) is 0 Å². The molecule has 0 spiro atoms. The Morgan fingerprint density at radius 3 is 2.67 bits per heavy atom.